The number of sulfonamides is 2. The van der Waals surface area contributed by atoms with E-state index in [2.05, 4.69) is 4.72 Å². The van der Waals surface area contributed by atoms with Gasteiger partial charge in [0.05, 0.1) is 31.6 Å². The van der Waals surface area contributed by atoms with Crippen molar-refractivity contribution in [3.63, 3.8) is 0 Å². The van der Waals surface area contributed by atoms with Crippen LogP contribution in [0.25, 0.3) is 0 Å². The average molecular weight is 440 g/mol. The summed E-state index contributed by atoms with van der Waals surface area (Å²) in [5.74, 6) is -1.09. The van der Waals surface area contributed by atoms with Crippen molar-refractivity contribution in [3.8, 4) is 11.5 Å². The summed E-state index contributed by atoms with van der Waals surface area (Å²) in [6, 6.07) is 9.96. The van der Waals surface area contributed by atoms with E-state index in [4.69, 9.17) is 9.47 Å². The molecule has 0 spiro atoms. The van der Waals surface area contributed by atoms with Gasteiger partial charge < -0.3 is 9.47 Å². The van der Waals surface area contributed by atoms with E-state index in [1.807, 2.05) is 0 Å². The molecule has 0 aliphatic carbocycles. The number of rotatable bonds is 6. The Labute approximate surface area is 169 Å². The standard InChI is InChI=1S/C18H20N2O7S2/c1-12-11-28(22,23)20(18(12)21)14-6-9-16(27-3)17(10-14)29(24,25)19-13-4-7-15(26-2)8-5-13/h4-10,12,19H,11H2,1-3H3/t12-/m1/s1. The van der Waals surface area contributed by atoms with Gasteiger partial charge in [-0.25, -0.2) is 21.1 Å². The third kappa shape index (κ3) is 4.01. The van der Waals surface area contributed by atoms with Gasteiger partial charge in [-0.15, -0.1) is 0 Å². The Hall–Kier alpha value is -2.79. The molecule has 1 saturated heterocycles. The predicted octanol–water partition coefficient (Wildman–Crippen LogP) is 1.82. The molecule has 1 N–H and O–H groups in total. The molecule has 156 valence electrons. The zero-order valence-corrected chi connectivity index (χ0v) is 17.6. The molecule has 3 rings (SSSR count). The molecule has 0 unspecified atom stereocenters. The van der Waals surface area contributed by atoms with E-state index < -0.39 is 31.9 Å². The maximum absolute atomic E-state index is 12.9. The quantitative estimate of drug-likeness (QED) is 0.728. The molecule has 2 aromatic carbocycles. The van der Waals surface area contributed by atoms with Crippen molar-refractivity contribution < 1.29 is 31.1 Å². The first-order valence-electron chi connectivity index (χ1n) is 8.51. The highest BCUT2D eigenvalue weighted by Gasteiger charge is 2.42. The summed E-state index contributed by atoms with van der Waals surface area (Å²) >= 11 is 0. The van der Waals surface area contributed by atoms with E-state index in [9.17, 15) is 21.6 Å². The Balaban J connectivity index is 2.03. The molecular formula is C18H20N2O7S2. The van der Waals surface area contributed by atoms with E-state index in [1.165, 1.54) is 45.4 Å². The van der Waals surface area contributed by atoms with Crippen LogP contribution in [-0.4, -0.2) is 42.7 Å². The molecule has 11 heteroatoms. The number of carbonyl (C=O) groups excluding carboxylic acids is 1. The predicted molar refractivity (Wildman–Crippen MR) is 107 cm³/mol. The second-order valence-electron chi connectivity index (χ2n) is 6.45. The lowest BCUT2D eigenvalue weighted by Gasteiger charge is -2.18. The molecule has 0 saturated carbocycles. The number of anilines is 2. The van der Waals surface area contributed by atoms with Crippen molar-refractivity contribution in [2.24, 2.45) is 5.92 Å². The van der Waals surface area contributed by atoms with Gasteiger partial charge in [-0.3, -0.25) is 9.52 Å². The van der Waals surface area contributed by atoms with Gasteiger partial charge in [0.15, 0.2) is 0 Å². The fourth-order valence-corrected chi connectivity index (χ4v) is 6.02. The van der Waals surface area contributed by atoms with E-state index >= 15 is 0 Å². The highest BCUT2D eigenvalue weighted by atomic mass is 32.2. The zero-order chi connectivity index (χ0) is 21.4. The van der Waals surface area contributed by atoms with Crippen molar-refractivity contribution in [1.82, 2.24) is 0 Å². The highest BCUT2D eigenvalue weighted by molar-refractivity contribution is 7.94. The van der Waals surface area contributed by atoms with Crippen LogP contribution in [0.2, 0.25) is 0 Å². The molecule has 1 aliphatic heterocycles. The lowest BCUT2D eigenvalue weighted by molar-refractivity contribution is -0.119. The minimum absolute atomic E-state index is 0.00635. The highest BCUT2D eigenvalue weighted by Crippen LogP contribution is 2.34. The third-order valence-electron chi connectivity index (χ3n) is 4.37. The van der Waals surface area contributed by atoms with Crippen LogP contribution in [-0.2, 0) is 24.8 Å². The summed E-state index contributed by atoms with van der Waals surface area (Å²) in [4.78, 5) is 12.0. The second-order valence-corrected chi connectivity index (χ2v) is 9.96. The Morgan fingerprint density at radius 1 is 1.07 bits per heavy atom. The summed E-state index contributed by atoms with van der Waals surface area (Å²) in [6.45, 7) is 1.51. The smallest absolute Gasteiger partial charge is 0.265 e. The fourth-order valence-electron chi connectivity index (χ4n) is 2.96. The zero-order valence-electron chi connectivity index (χ0n) is 15.9. The van der Waals surface area contributed by atoms with E-state index in [-0.39, 0.29) is 27.8 Å². The number of benzene rings is 2. The number of hydrogen-bond donors (Lipinski definition) is 1. The number of ether oxygens (including phenoxy) is 2. The van der Waals surface area contributed by atoms with E-state index in [1.54, 1.807) is 12.1 Å². The topological polar surface area (TPSA) is 119 Å². The largest absolute Gasteiger partial charge is 0.497 e. The van der Waals surface area contributed by atoms with E-state index in [0.717, 1.165) is 6.07 Å². The summed E-state index contributed by atoms with van der Waals surface area (Å²) in [5.41, 5.74) is 0.215. The number of hydrogen-bond acceptors (Lipinski definition) is 7. The minimum atomic E-state index is -4.14. The molecule has 29 heavy (non-hydrogen) atoms. The molecule has 2 aromatic rings. The molecule has 0 aromatic heterocycles. The van der Waals surface area contributed by atoms with Crippen LogP contribution in [0.4, 0.5) is 11.4 Å². The Morgan fingerprint density at radius 3 is 2.24 bits per heavy atom. The van der Waals surface area contributed by atoms with Gasteiger partial charge in [0.2, 0.25) is 15.9 Å². The van der Waals surface area contributed by atoms with Gasteiger partial charge in [0.1, 0.15) is 16.4 Å². The Bertz CT molecular complexity index is 1140. The molecular weight excluding hydrogens is 420 g/mol. The van der Waals surface area contributed by atoms with Gasteiger partial charge in [0, 0.05) is 5.69 Å². The second kappa shape index (κ2) is 7.56. The van der Waals surface area contributed by atoms with Crippen molar-refractivity contribution in [2.75, 3.05) is 29.0 Å². The van der Waals surface area contributed by atoms with Crippen LogP contribution in [0, 0.1) is 5.92 Å². The van der Waals surface area contributed by atoms with Crippen molar-refractivity contribution in [3.05, 3.63) is 42.5 Å². The van der Waals surface area contributed by atoms with Crippen molar-refractivity contribution in [1.29, 1.82) is 0 Å². The first-order valence-corrected chi connectivity index (χ1v) is 11.6. The molecule has 0 bridgehead atoms. The van der Waals surface area contributed by atoms with Gasteiger partial charge >= 0.3 is 0 Å². The van der Waals surface area contributed by atoms with Crippen LogP contribution in [0.15, 0.2) is 47.4 Å². The fraction of sp³-hybridized carbons (Fsp3) is 0.278. The molecule has 1 amide bonds. The normalized spacial score (nSPS) is 18.5. The van der Waals surface area contributed by atoms with Gasteiger partial charge in [-0.05, 0) is 42.5 Å². The SMILES string of the molecule is COc1ccc(NS(=O)(=O)c2cc(N3C(=O)[C@H](C)CS3(=O)=O)ccc2OC)cc1. The summed E-state index contributed by atoms with van der Waals surface area (Å²) in [6.07, 6.45) is 0. The monoisotopic (exact) mass is 440 g/mol. The van der Waals surface area contributed by atoms with Crippen LogP contribution in [0.1, 0.15) is 6.92 Å². The Morgan fingerprint density at radius 2 is 1.72 bits per heavy atom. The lowest BCUT2D eigenvalue weighted by Crippen LogP contribution is -2.30. The van der Waals surface area contributed by atoms with Gasteiger partial charge in [-0.2, -0.15) is 0 Å². The first-order chi connectivity index (χ1) is 13.6. The summed E-state index contributed by atoms with van der Waals surface area (Å²) < 4.78 is 63.8. The summed E-state index contributed by atoms with van der Waals surface area (Å²) in [7, 11) is -5.23. The van der Waals surface area contributed by atoms with Crippen LogP contribution < -0.4 is 18.5 Å². The molecule has 1 fully saturated rings. The Kier molecular flexibility index (Phi) is 5.46. The van der Waals surface area contributed by atoms with Crippen LogP contribution in [0.5, 0.6) is 11.5 Å². The average Bonchev–Trinajstić information content (AvgIpc) is 2.88. The van der Waals surface area contributed by atoms with Gasteiger partial charge in [-0.1, -0.05) is 6.92 Å². The third-order valence-corrected chi connectivity index (χ3v) is 7.64. The van der Waals surface area contributed by atoms with Crippen LogP contribution in [0.3, 0.4) is 0 Å². The first kappa shape index (κ1) is 20.9. The lowest BCUT2D eigenvalue weighted by atomic mass is 10.2. The molecule has 1 heterocycles. The van der Waals surface area contributed by atoms with Gasteiger partial charge in [0.25, 0.3) is 10.0 Å². The summed E-state index contributed by atoms with van der Waals surface area (Å²) in [5, 5.41) is 0. The molecule has 1 aliphatic rings. The number of amides is 1. The van der Waals surface area contributed by atoms with Crippen LogP contribution >= 0.6 is 0 Å². The van der Waals surface area contributed by atoms with E-state index in [0.29, 0.717) is 10.1 Å². The molecule has 9 nitrogen and oxygen atoms in total. The number of nitrogens with one attached hydrogen (secondary N) is 1. The number of nitrogens with zero attached hydrogens (tertiary/aromatic N) is 1. The maximum atomic E-state index is 12.9. The maximum Gasteiger partial charge on any atom is 0.265 e. The number of methoxy groups -OCH3 is 2. The minimum Gasteiger partial charge on any atom is -0.497 e. The molecule has 1 atom stereocenters. The molecule has 0 radical (unpaired) electrons. The number of carbonyl (C=O) groups is 1. The van der Waals surface area contributed by atoms with Crippen molar-refractivity contribution >= 4 is 37.3 Å². The van der Waals surface area contributed by atoms with Crippen molar-refractivity contribution in [2.45, 2.75) is 11.8 Å².